The number of piperidine rings is 1. The van der Waals surface area contributed by atoms with E-state index >= 15 is 0 Å². The fourth-order valence-electron chi connectivity index (χ4n) is 4.78. The minimum absolute atomic E-state index is 0.00422. The number of nitriles is 1. The lowest BCUT2D eigenvalue weighted by molar-refractivity contribution is -0.133. The Morgan fingerprint density at radius 3 is 2.67 bits per heavy atom. The van der Waals surface area contributed by atoms with Crippen LogP contribution in [0.3, 0.4) is 0 Å². The van der Waals surface area contributed by atoms with Crippen molar-refractivity contribution in [2.45, 2.75) is 38.3 Å². The molecular formula is C28H29ClFN5O4. The van der Waals surface area contributed by atoms with Crippen molar-refractivity contribution >= 4 is 34.3 Å². The van der Waals surface area contributed by atoms with Gasteiger partial charge in [0, 0.05) is 33.8 Å². The number of hydrogen-bond acceptors (Lipinski definition) is 6. The predicted molar refractivity (Wildman–Crippen MR) is 144 cm³/mol. The number of ether oxygens (including phenoxy) is 1. The molecule has 1 aliphatic heterocycles. The smallest absolute Gasteiger partial charge is 0.261 e. The topological polar surface area (TPSA) is 109 Å². The highest BCUT2D eigenvalue weighted by Crippen LogP contribution is 2.30. The van der Waals surface area contributed by atoms with E-state index in [0.29, 0.717) is 55.1 Å². The molecule has 9 nitrogen and oxygen atoms in total. The summed E-state index contributed by atoms with van der Waals surface area (Å²) in [6.07, 6.45) is 2.81. The standard InChI is InChI=1S/C28H29ClFN5O4/c1-33(15-18-3-4-20(14-31)23(29)11-18)26(37)16-35-17-32-27-22(28(35)38)12-21(13-24(27)30)19-5-8-34(9-6-19)25(36)7-10-39-2/h3-4,11-13,17,19H,5-10,15-16H2,1-2H3. The first-order valence-electron chi connectivity index (χ1n) is 12.6. The number of hydrogen-bond donors (Lipinski definition) is 0. The number of amides is 2. The second-order valence-electron chi connectivity index (χ2n) is 9.65. The number of likely N-dealkylation sites (tertiary alicyclic amines) is 1. The number of likely N-dealkylation sites (N-methyl/N-ethyl adjacent to an activating group) is 1. The largest absolute Gasteiger partial charge is 0.384 e. The molecule has 3 aromatic rings. The summed E-state index contributed by atoms with van der Waals surface area (Å²) < 4.78 is 21.1. The van der Waals surface area contributed by atoms with E-state index in [2.05, 4.69) is 4.98 Å². The molecule has 0 atom stereocenters. The summed E-state index contributed by atoms with van der Waals surface area (Å²) in [6.45, 7) is 1.43. The van der Waals surface area contributed by atoms with E-state index in [0.717, 1.165) is 5.56 Å². The van der Waals surface area contributed by atoms with Crippen molar-refractivity contribution in [2.75, 3.05) is 33.9 Å². The van der Waals surface area contributed by atoms with Crippen molar-refractivity contribution in [1.82, 2.24) is 19.4 Å². The van der Waals surface area contributed by atoms with E-state index in [4.69, 9.17) is 21.6 Å². The maximum Gasteiger partial charge on any atom is 0.261 e. The zero-order chi connectivity index (χ0) is 28.1. The number of methoxy groups -OCH3 is 1. The molecule has 0 saturated carbocycles. The summed E-state index contributed by atoms with van der Waals surface area (Å²) in [7, 11) is 3.15. The lowest BCUT2D eigenvalue weighted by atomic mass is 9.88. The number of halogens is 2. The molecule has 0 unspecified atom stereocenters. The molecule has 39 heavy (non-hydrogen) atoms. The average molecular weight is 554 g/mol. The van der Waals surface area contributed by atoms with E-state index < -0.39 is 11.4 Å². The summed E-state index contributed by atoms with van der Waals surface area (Å²) in [6, 6.07) is 9.98. The summed E-state index contributed by atoms with van der Waals surface area (Å²) in [4.78, 5) is 45.8. The Morgan fingerprint density at radius 2 is 2.00 bits per heavy atom. The minimum atomic E-state index is -0.591. The maximum atomic E-state index is 15.0. The molecule has 1 saturated heterocycles. The predicted octanol–water partition coefficient (Wildman–Crippen LogP) is 3.46. The van der Waals surface area contributed by atoms with Gasteiger partial charge in [-0.05, 0) is 54.2 Å². The molecule has 11 heteroatoms. The molecule has 0 bridgehead atoms. The second kappa shape index (κ2) is 12.4. The molecule has 1 aliphatic rings. The van der Waals surface area contributed by atoms with Gasteiger partial charge in [0.05, 0.1) is 35.3 Å². The van der Waals surface area contributed by atoms with Gasteiger partial charge in [-0.3, -0.25) is 19.0 Å². The number of benzene rings is 2. The van der Waals surface area contributed by atoms with E-state index in [1.807, 2.05) is 6.07 Å². The summed E-state index contributed by atoms with van der Waals surface area (Å²) in [5.74, 6) is -0.910. The van der Waals surface area contributed by atoms with Crippen LogP contribution in [0.15, 0.2) is 41.5 Å². The van der Waals surface area contributed by atoms with Crippen LogP contribution < -0.4 is 5.56 Å². The molecule has 0 N–H and O–H groups in total. The Labute approximate surface area is 230 Å². The molecule has 4 rings (SSSR count). The Kier molecular flexibility index (Phi) is 8.94. The second-order valence-corrected chi connectivity index (χ2v) is 10.1. The third kappa shape index (κ3) is 6.44. The van der Waals surface area contributed by atoms with Crippen LogP contribution in [0.4, 0.5) is 4.39 Å². The highest BCUT2D eigenvalue weighted by Gasteiger charge is 2.25. The molecule has 2 heterocycles. The van der Waals surface area contributed by atoms with Gasteiger partial charge in [-0.1, -0.05) is 17.7 Å². The number of carbonyl (C=O) groups is 2. The van der Waals surface area contributed by atoms with Crippen molar-refractivity contribution in [1.29, 1.82) is 5.26 Å². The van der Waals surface area contributed by atoms with Gasteiger partial charge in [0.25, 0.3) is 5.56 Å². The third-order valence-electron chi connectivity index (χ3n) is 7.05. The fraction of sp³-hybridized carbons (Fsp3) is 0.393. The van der Waals surface area contributed by atoms with E-state index in [-0.39, 0.29) is 41.7 Å². The minimum Gasteiger partial charge on any atom is -0.384 e. The molecule has 1 fully saturated rings. The zero-order valence-electron chi connectivity index (χ0n) is 21.8. The Balaban J connectivity index is 1.48. The first kappa shape index (κ1) is 28.2. The number of aromatic nitrogens is 2. The number of rotatable bonds is 8. The fourth-order valence-corrected chi connectivity index (χ4v) is 5.03. The van der Waals surface area contributed by atoms with Crippen LogP contribution in [-0.2, 0) is 27.4 Å². The Hall–Kier alpha value is -3.81. The van der Waals surface area contributed by atoms with Gasteiger partial charge < -0.3 is 14.5 Å². The van der Waals surface area contributed by atoms with Gasteiger partial charge in [0.15, 0.2) is 0 Å². The van der Waals surface area contributed by atoms with Crippen molar-refractivity contribution in [3.05, 3.63) is 74.5 Å². The normalized spacial score (nSPS) is 13.9. The van der Waals surface area contributed by atoms with Crippen LogP contribution in [0.5, 0.6) is 0 Å². The van der Waals surface area contributed by atoms with Crippen LogP contribution in [0.2, 0.25) is 5.02 Å². The molecule has 2 amide bonds. The zero-order valence-corrected chi connectivity index (χ0v) is 22.6. The molecule has 2 aromatic carbocycles. The van der Waals surface area contributed by atoms with Crippen LogP contribution in [0.25, 0.3) is 10.9 Å². The summed E-state index contributed by atoms with van der Waals surface area (Å²) >= 11 is 6.09. The molecule has 0 spiro atoms. The highest BCUT2D eigenvalue weighted by atomic mass is 35.5. The Morgan fingerprint density at radius 1 is 1.26 bits per heavy atom. The number of fused-ring (bicyclic) bond motifs is 1. The van der Waals surface area contributed by atoms with Crippen molar-refractivity contribution in [3.63, 3.8) is 0 Å². The molecule has 0 radical (unpaired) electrons. The molecular weight excluding hydrogens is 525 g/mol. The SMILES string of the molecule is COCCC(=O)N1CCC(c2cc(F)c3ncn(CC(=O)N(C)Cc4ccc(C#N)c(Cl)c4)c(=O)c3c2)CC1. The first-order valence-corrected chi connectivity index (χ1v) is 13.0. The number of nitrogens with zero attached hydrogens (tertiary/aromatic N) is 5. The van der Waals surface area contributed by atoms with Gasteiger partial charge in [0.2, 0.25) is 11.8 Å². The lowest BCUT2D eigenvalue weighted by Crippen LogP contribution is -2.38. The Bertz CT molecular complexity index is 1490. The van der Waals surface area contributed by atoms with E-state index in [1.165, 1.54) is 21.9 Å². The van der Waals surface area contributed by atoms with Gasteiger partial charge in [-0.2, -0.15) is 5.26 Å². The van der Waals surface area contributed by atoms with Crippen LogP contribution in [0.1, 0.15) is 41.9 Å². The summed E-state index contributed by atoms with van der Waals surface area (Å²) in [5.41, 5.74) is 1.21. The van der Waals surface area contributed by atoms with Gasteiger partial charge in [-0.25, -0.2) is 9.37 Å². The lowest BCUT2D eigenvalue weighted by Gasteiger charge is -2.32. The maximum absolute atomic E-state index is 15.0. The summed E-state index contributed by atoms with van der Waals surface area (Å²) in [5, 5.41) is 9.44. The van der Waals surface area contributed by atoms with Gasteiger partial charge in [0.1, 0.15) is 23.9 Å². The molecule has 0 aliphatic carbocycles. The number of carbonyl (C=O) groups excluding carboxylic acids is 2. The monoisotopic (exact) mass is 553 g/mol. The van der Waals surface area contributed by atoms with Crippen LogP contribution >= 0.6 is 11.6 Å². The van der Waals surface area contributed by atoms with Gasteiger partial charge >= 0.3 is 0 Å². The van der Waals surface area contributed by atoms with Crippen molar-refractivity contribution in [2.24, 2.45) is 0 Å². The van der Waals surface area contributed by atoms with Gasteiger partial charge in [-0.15, -0.1) is 0 Å². The average Bonchev–Trinajstić information content (AvgIpc) is 2.93. The molecule has 204 valence electrons. The molecule has 1 aromatic heterocycles. The highest BCUT2D eigenvalue weighted by molar-refractivity contribution is 6.31. The van der Waals surface area contributed by atoms with E-state index in [9.17, 15) is 18.8 Å². The quantitative estimate of drug-likeness (QED) is 0.423. The first-order chi connectivity index (χ1) is 18.7. The van der Waals surface area contributed by atoms with Crippen LogP contribution in [0, 0.1) is 17.1 Å². The van der Waals surface area contributed by atoms with Crippen molar-refractivity contribution in [3.8, 4) is 6.07 Å². The van der Waals surface area contributed by atoms with Crippen molar-refractivity contribution < 1.29 is 18.7 Å². The van der Waals surface area contributed by atoms with E-state index in [1.54, 1.807) is 43.3 Å². The van der Waals surface area contributed by atoms with Crippen LogP contribution in [-0.4, -0.2) is 65.0 Å². The third-order valence-corrected chi connectivity index (χ3v) is 7.36.